The van der Waals surface area contributed by atoms with Crippen LogP contribution in [0.2, 0.25) is 4.47 Å². The summed E-state index contributed by atoms with van der Waals surface area (Å²) in [5, 5.41) is 8.55. The predicted molar refractivity (Wildman–Crippen MR) is 63.5 cm³/mol. The fraction of sp³-hybridized carbons (Fsp3) is 0. The molecule has 2 aromatic heterocycles. The molecule has 4 nitrogen and oxygen atoms in total. The van der Waals surface area contributed by atoms with Crippen molar-refractivity contribution in [2.45, 2.75) is 0 Å². The molecule has 3 aromatic rings. The van der Waals surface area contributed by atoms with E-state index in [4.69, 9.17) is 11.6 Å². The maximum Gasteiger partial charge on any atom is 0.207 e. The predicted octanol–water partition coefficient (Wildman–Crippen LogP) is 2.80. The van der Waals surface area contributed by atoms with Gasteiger partial charge in [-0.1, -0.05) is 17.4 Å². The summed E-state index contributed by atoms with van der Waals surface area (Å²) in [6.45, 7) is 0. The second-order valence-corrected chi connectivity index (χ2v) is 4.65. The number of para-hydroxylation sites is 1. The highest BCUT2D eigenvalue weighted by Crippen LogP contribution is 2.29. The molecule has 1 aromatic carbocycles. The molecule has 2 heterocycles. The Kier molecular flexibility index (Phi) is 2.27. The summed E-state index contributed by atoms with van der Waals surface area (Å²) in [6.07, 6.45) is 3.33. The van der Waals surface area contributed by atoms with E-state index in [2.05, 4.69) is 20.2 Å². The molecule has 0 fully saturated rings. The normalized spacial score (nSPS) is 10.8. The van der Waals surface area contributed by atoms with Crippen LogP contribution in [0.15, 0.2) is 30.6 Å². The lowest BCUT2D eigenvalue weighted by molar-refractivity contribution is 1.10. The fourth-order valence-corrected chi connectivity index (χ4v) is 2.33. The quantitative estimate of drug-likeness (QED) is 0.665. The topological polar surface area (TPSA) is 51.6 Å². The van der Waals surface area contributed by atoms with Gasteiger partial charge in [0.1, 0.15) is 0 Å². The minimum absolute atomic E-state index is 0.427. The van der Waals surface area contributed by atoms with E-state index in [-0.39, 0.29) is 0 Å². The zero-order chi connectivity index (χ0) is 11.0. The number of aromatic nitrogens is 4. The third-order valence-corrected chi connectivity index (χ3v) is 3.18. The van der Waals surface area contributed by atoms with E-state index in [1.54, 1.807) is 12.4 Å². The van der Waals surface area contributed by atoms with Crippen LogP contribution < -0.4 is 0 Å². The van der Waals surface area contributed by atoms with Crippen molar-refractivity contribution >= 4 is 34.0 Å². The van der Waals surface area contributed by atoms with E-state index in [9.17, 15) is 0 Å². The van der Waals surface area contributed by atoms with Crippen molar-refractivity contribution in [2.75, 3.05) is 0 Å². The molecule has 0 spiro atoms. The molecule has 0 N–H and O–H groups in total. The molecule has 0 amide bonds. The fourth-order valence-electron chi connectivity index (χ4n) is 1.48. The van der Waals surface area contributed by atoms with Crippen LogP contribution in [0.5, 0.6) is 0 Å². The summed E-state index contributed by atoms with van der Waals surface area (Å²) >= 11 is 7.10. The number of benzene rings is 1. The molecule has 0 saturated carbocycles. The largest absolute Gasteiger partial charge is 0.253 e. The van der Waals surface area contributed by atoms with Gasteiger partial charge in [0.25, 0.3) is 0 Å². The third kappa shape index (κ3) is 1.54. The van der Waals surface area contributed by atoms with Crippen molar-refractivity contribution in [1.29, 1.82) is 0 Å². The highest BCUT2D eigenvalue weighted by molar-refractivity contribution is 7.18. The van der Waals surface area contributed by atoms with Crippen LogP contribution in [0.3, 0.4) is 0 Å². The minimum atomic E-state index is 0.427. The average molecular weight is 249 g/mol. The number of hydrogen-bond donors (Lipinski definition) is 0. The van der Waals surface area contributed by atoms with Crippen LogP contribution >= 0.6 is 22.9 Å². The molecule has 0 unspecified atom stereocenters. The van der Waals surface area contributed by atoms with Crippen LogP contribution in [0.25, 0.3) is 21.6 Å². The second-order valence-electron chi connectivity index (χ2n) is 3.09. The van der Waals surface area contributed by atoms with Crippen molar-refractivity contribution in [3.8, 4) is 10.6 Å². The zero-order valence-corrected chi connectivity index (χ0v) is 9.53. The molecule has 0 atom stereocenters. The van der Waals surface area contributed by atoms with Gasteiger partial charge >= 0.3 is 0 Å². The maximum atomic E-state index is 5.77. The molecule has 3 rings (SSSR count). The van der Waals surface area contributed by atoms with Crippen LogP contribution in [0.4, 0.5) is 0 Å². The Labute approximate surface area is 100.0 Å². The van der Waals surface area contributed by atoms with Crippen molar-refractivity contribution in [3.63, 3.8) is 0 Å². The Balaban J connectivity index is 2.31. The zero-order valence-electron chi connectivity index (χ0n) is 7.96. The van der Waals surface area contributed by atoms with Gasteiger partial charge in [-0.05, 0) is 23.7 Å². The summed E-state index contributed by atoms with van der Waals surface area (Å²) in [5.74, 6) is 0. The van der Waals surface area contributed by atoms with Gasteiger partial charge in [-0.25, -0.2) is 0 Å². The van der Waals surface area contributed by atoms with E-state index < -0.39 is 0 Å². The molecule has 16 heavy (non-hydrogen) atoms. The van der Waals surface area contributed by atoms with Crippen LogP contribution in [-0.2, 0) is 0 Å². The van der Waals surface area contributed by atoms with Gasteiger partial charge in [0.15, 0.2) is 5.01 Å². The number of nitrogens with zero attached hydrogens (tertiary/aromatic N) is 4. The van der Waals surface area contributed by atoms with Gasteiger partial charge in [-0.3, -0.25) is 9.97 Å². The minimum Gasteiger partial charge on any atom is -0.253 e. The molecule has 6 heteroatoms. The van der Waals surface area contributed by atoms with E-state index in [1.807, 2.05) is 18.2 Å². The first-order chi connectivity index (χ1) is 7.84. The lowest BCUT2D eigenvalue weighted by Crippen LogP contribution is -1.86. The van der Waals surface area contributed by atoms with E-state index in [1.165, 1.54) is 11.3 Å². The Morgan fingerprint density at radius 1 is 1.06 bits per heavy atom. The van der Waals surface area contributed by atoms with E-state index in [0.29, 0.717) is 4.47 Å². The molecule has 0 radical (unpaired) electrons. The molecule has 0 saturated heterocycles. The van der Waals surface area contributed by atoms with Gasteiger partial charge in [0.2, 0.25) is 4.47 Å². The van der Waals surface area contributed by atoms with Crippen LogP contribution in [0, 0.1) is 0 Å². The first-order valence-electron chi connectivity index (χ1n) is 4.54. The van der Waals surface area contributed by atoms with Crippen molar-refractivity contribution in [2.24, 2.45) is 0 Å². The third-order valence-electron chi connectivity index (χ3n) is 2.13. The first-order valence-corrected chi connectivity index (χ1v) is 5.73. The number of fused-ring (bicyclic) bond motifs is 1. The van der Waals surface area contributed by atoms with E-state index >= 15 is 0 Å². The summed E-state index contributed by atoms with van der Waals surface area (Å²) in [6, 6.07) is 5.77. The van der Waals surface area contributed by atoms with Gasteiger partial charge in [-0.2, -0.15) is 0 Å². The van der Waals surface area contributed by atoms with Crippen molar-refractivity contribution in [3.05, 3.63) is 35.1 Å². The molecule has 0 aliphatic heterocycles. The Bertz CT molecular complexity index is 647. The Hall–Kier alpha value is -1.59. The SMILES string of the molecule is Clc1nnc(-c2cccc3nccnc23)s1. The van der Waals surface area contributed by atoms with Gasteiger partial charge in [-0.15, -0.1) is 10.2 Å². The monoisotopic (exact) mass is 248 g/mol. The highest BCUT2D eigenvalue weighted by Gasteiger charge is 2.09. The first kappa shape index (κ1) is 9.62. The average Bonchev–Trinajstić information content (AvgIpc) is 2.75. The smallest absolute Gasteiger partial charge is 0.207 e. The molecular formula is C10H5ClN4S. The summed E-state index contributed by atoms with van der Waals surface area (Å²) in [7, 11) is 0. The standard InChI is InChI=1S/C10H5ClN4S/c11-10-15-14-9(16-10)6-2-1-3-7-8(6)13-5-4-12-7/h1-5H. The Morgan fingerprint density at radius 2 is 1.94 bits per heavy atom. The molecule has 0 bridgehead atoms. The summed E-state index contributed by atoms with van der Waals surface area (Å²) in [5.41, 5.74) is 2.57. The van der Waals surface area contributed by atoms with Gasteiger partial charge in [0.05, 0.1) is 11.0 Å². The Morgan fingerprint density at radius 3 is 2.75 bits per heavy atom. The van der Waals surface area contributed by atoms with Crippen molar-refractivity contribution in [1.82, 2.24) is 20.2 Å². The van der Waals surface area contributed by atoms with Gasteiger partial charge in [0, 0.05) is 18.0 Å². The number of halogens is 1. The second kappa shape index (κ2) is 3.77. The molecule has 0 aliphatic carbocycles. The molecule has 78 valence electrons. The highest BCUT2D eigenvalue weighted by atomic mass is 35.5. The molecule has 0 aliphatic rings. The van der Waals surface area contributed by atoms with Crippen LogP contribution in [0.1, 0.15) is 0 Å². The maximum absolute atomic E-state index is 5.77. The van der Waals surface area contributed by atoms with Crippen molar-refractivity contribution < 1.29 is 0 Å². The lowest BCUT2D eigenvalue weighted by atomic mass is 10.2. The number of rotatable bonds is 1. The number of hydrogen-bond acceptors (Lipinski definition) is 5. The lowest BCUT2D eigenvalue weighted by Gasteiger charge is -1.99. The van der Waals surface area contributed by atoms with Crippen LogP contribution in [-0.4, -0.2) is 20.2 Å². The summed E-state index contributed by atoms with van der Waals surface area (Å²) in [4.78, 5) is 8.54. The van der Waals surface area contributed by atoms with Gasteiger partial charge < -0.3 is 0 Å². The van der Waals surface area contributed by atoms with E-state index in [0.717, 1.165) is 21.6 Å². The molecular weight excluding hydrogens is 244 g/mol. The summed E-state index contributed by atoms with van der Waals surface area (Å²) < 4.78 is 0.427.